The van der Waals surface area contributed by atoms with Gasteiger partial charge in [0.25, 0.3) is 0 Å². The standard InChI is InChI=1S/C18H14N2O3/c1-22-16-8-11-10-19-18-12(14(11)9-17(16)23-2)5-6-15-13(18)4-3-7-20(15)21/h3-10H,1-2H3. The van der Waals surface area contributed by atoms with E-state index in [1.165, 1.54) is 6.20 Å². The first-order chi connectivity index (χ1) is 11.2. The Balaban J connectivity index is 2.16. The van der Waals surface area contributed by atoms with E-state index in [4.69, 9.17) is 9.47 Å². The second-order valence-electron chi connectivity index (χ2n) is 5.28. The normalized spacial score (nSPS) is 11.2. The summed E-state index contributed by atoms with van der Waals surface area (Å²) < 4.78 is 11.6. The Morgan fingerprint density at radius 3 is 2.52 bits per heavy atom. The quantitative estimate of drug-likeness (QED) is 0.324. The number of fused-ring (bicyclic) bond motifs is 5. The zero-order chi connectivity index (χ0) is 16.0. The second kappa shape index (κ2) is 4.98. The highest BCUT2D eigenvalue weighted by Crippen LogP contribution is 2.36. The Morgan fingerprint density at radius 1 is 0.957 bits per heavy atom. The van der Waals surface area contributed by atoms with Gasteiger partial charge < -0.3 is 14.7 Å². The number of rotatable bonds is 2. The van der Waals surface area contributed by atoms with Crippen molar-refractivity contribution in [1.82, 2.24) is 4.98 Å². The van der Waals surface area contributed by atoms with Crippen LogP contribution < -0.4 is 14.2 Å². The van der Waals surface area contributed by atoms with E-state index in [9.17, 15) is 5.21 Å². The molecule has 23 heavy (non-hydrogen) atoms. The van der Waals surface area contributed by atoms with E-state index in [2.05, 4.69) is 4.98 Å². The van der Waals surface area contributed by atoms with Crippen LogP contribution >= 0.6 is 0 Å². The lowest BCUT2D eigenvalue weighted by molar-refractivity contribution is -0.576. The van der Waals surface area contributed by atoms with Gasteiger partial charge in [-0.3, -0.25) is 4.98 Å². The Labute approximate surface area is 132 Å². The summed E-state index contributed by atoms with van der Waals surface area (Å²) in [5.74, 6) is 1.33. The fourth-order valence-electron chi connectivity index (χ4n) is 2.98. The van der Waals surface area contributed by atoms with Crippen LogP contribution in [0.1, 0.15) is 0 Å². The van der Waals surface area contributed by atoms with Crippen molar-refractivity contribution in [1.29, 1.82) is 0 Å². The van der Waals surface area contributed by atoms with Crippen molar-refractivity contribution in [2.24, 2.45) is 0 Å². The molecule has 2 aromatic heterocycles. The van der Waals surface area contributed by atoms with E-state index in [1.807, 2.05) is 30.3 Å². The highest BCUT2D eigenvalue weighted by atomic mass is 16.5. The number of hydrogen-bond acceptors (Lipinski definition) is 4. The maximum absolute atomic E-state index is 11.9. The minimum absolute atomic E-state index is 0.604. The molecule has 0 unspecified atom stereocenters. The summed E-state index contributed by atoms with van der Waals surface area (Å²) in [6, 6.07) is 11.2. The van der Waals surface area contributed by atoms with Crippen molar-refractivity contribution in [2.45, 2.75) is 0 Å². The van der Waals surface area contributed by atoms with Gasteiger partial charge in [0, 0.05) is 29.1 Å². The third-order valence-electron chi connectivity index (χ3n) is 4.09. The van der Waals surface area contributed by atoms with Gasteiger partial charge in [-0.05, 0) is 29.7 Å². The molecule has 0 radical (unpaired) electrons. The van der Waals surface area contributed by atoms with Gasteiger partial charge in [0.1, 0.15) is 0 Å². The van der Waals surface area contributed by atoms with Crippen LogP contribution in [-0.4, -0.2) is 19.2 Å². The Kier molecular flexibility index (Phi) is 2.94. The fraction of sp³-hybridized carbons (Fsp3) is 0.111. The average Bonchev–Trinajstić information content (AvgIpc) is 2.60. The number of ether oxygens (including phenoxy) is 2. The molecule has 0 amide bonds. The van der Waals surface area contributed by atoms with Crippen LogP contribution in [0.5, 0.6) is 11.5 Å². The number of aromatic nitrogens is 2. The van der Waals surface area contributed by atoms with Crippen LogP contribution in [0.4, 0.5) is 0 Å². The maximum Gasteiger partial charge on any atom is 0.225 e. The molecule has 0 bridgehead atoms. The molecule has 0 N–H and O–H groups in total. The predicted molar refractivity (Wildman–Crippen MR) is 88.8 cm³/mol. The summed E-state index contributed by atoms with van der Waals surface area (Å²) in [6.45, 7) is 0. The Morgan fingerprint density at radius 2 is 1.74 bits per heavy atom. The molecule has 0 fully saturated rings. The molecule has 0 aliphatic heterocycles. The lowest BCUT2D eigenvalue weighted by Crippen LogP contribution is -2.25. The van der Waals surface area contributed by atoms with Crippen LogP contribution in [0.25, 0.3) is 32.6 Å². The maximum atomic E-state index is 11.9. The predicted octanol–water partition coefficient (Wildman–Crippen LogP) is 3.19. The van der Waals surface area contributed by atoms with Crippen molar-refractivity contribution < 1.29 is 14.2 Å². The summed E-state index contributed by atoms with van der Waals surface area (Å²) in [4.78, 5) is 4.56. The van der Waals surface area contributed by atoms with E-state index in [1.54, 1.807) is 26.5 Å². The van der Waals surface area contributed by atoms with Crippen molar-refractivity contribution in [3.05, 3.63) is 54.0 Å². The molecule has 4 rings (SSSR count). The van der Waals surface area contributed by atoms with Crippen molar-refractivity contribution in [3.8, 4) is 11.5 Å². The minimum atomic E-state index is 0.604. The summed E-state index contributed by atoms with van der Waals surface area (Å²) in [6.07, 6.45) is 3.28. The molecule has 114 valence electrons. The van der Waals surface area contributed by atoms with E-state index in [0.717, 1.165) is 31.8 Å². The van der Waals surface area contributed by atoms with Crippen LogP contribution in [0, 0.1) is 5.21 Å². The zero-order valence-corrected chi connectivity index (χ0v) is 12.7. The average molecular weight is 306 g/mol. The molecule has 0 atom stereocenters. The number of pyridine rings is 2. The van der Waals surface area contributed by atoms with Crippen LogP contribution in [-0.2, 0) is 0 Å². The molecule has 2 heterocycles. The van der Waals surface area contributed by atoms with Gasteiger partial charge in [-0.25, -0.2) is 0 Å². The fourth-order valence-corrected chi connectivity index (χ4v) is 2.98. The van der Waals surface area contributed by atoms with Gasteiger partial charge in [-0.15, -0.1) is 0 Å². The number of benzene rings is 2. The van der Waals surface area contributed by atoms with Gasteiger partial charge >= 0.3 is 0 Å². The smallest absolute Gasteiger partial charge is 0.225 e. The third kappa shape index (κ3) is 1.93. The summed E-state index contributed by atoms with van der Waals surface area (Å²) in [7, 11) is 3.22. The molecule has 0 aliphatic carbocycles. The SMILES string of the molecule is COc1cc2cnc3c(ccc4c3ccc[n+]4[O-])c2cc1OC. The number of nitrogens with zero attached hydrogens (tertiary/aromatic N) is 2. The number of hydrogen-bond donors (Lipinski definition) is 0. The van der Waals surface area contributed by atoms with Crippen molar-refractivity contribution in [2.75, 3.05) is 14.2 Å². The monoisotopic (exact) mass is 306 g/mol. The van der Waals surface area contributed by atoms with Gasteiger partial charge in [-0.1, -0.05) is 0 Å². The molecule has 0 aliphatic rings. The van der Waals surface area contributed by atoms with Crippen LogP contribution in [0.15, 0.2) is 48.8 Å². The second-order valence-corrected chi connectivity index (χ2v) is 5.28. The van der Waals surface area contributed by atoms with Crippen LogP contribution in [0.2, 0.25) is 0 Å². The molecule has 4 aromatic rings. The summed E-state index contributed by atoms with van der Waals surface area (Å²) in [5, 5.41) is 15.7. The summed E-state index contributed by atoms with van der Waals surface area (Å²) >= 11 is 0. The van der Waals surface area contributed by atoms with E-state index >= 15 is 0 Å². The Hall–Kier alpha value is -3.08. The van der Waals surface area contributed by atoms with E-state index in [0.29, 0.717) is 17.0 Å². The molecule has 2 aromatic carbocycles. The third-order valence-corrected chi connectivity index (χ3v) is 4.09. The highest BCUT2D eigenvalue weighted by molar-refractivity contribution is 6.14. The van der Waals surface area contributed by atoms with Gasteiger partial charge in [0.05, 0.1) is 25.1 Å². The molecule has 0 saturated carbocycles. The van der Waals surface area contributed by atoms with Gasteiger partial charge in [0.15, 0.2) is 17.7 Å². The lowest BCUT2D eigenvalue weighted by atomic mass is 10.0. The lowest BCUT2D eigenvalue weighted by Gasteiger charge is -2.11. The molecular weight excluding hydrogens is 292 g/mol. The molecule has 5 nitrogen and oxygen atoms in total. The topological polar surface area (TPSA) is 58.3 Å². The van der Waals surface area contributed by atoms with Gasteiger partial charge in [-0.2, -0.15) is 4.73 Å². The summed E-state index contributed by atoms with van der Waals surface area (Å²) in [5.41, 5.74) is 1.40. The minimum Gasteiger partial charge on any atom is -0.618 e. The van der Waals surface area contributed by atoms with E-state index < -0.39 is 0 Å². The number of methoxy groups -OCH3 is 2. The van der Waals surface area contributed by atoms with Crippen molar-refractivity contribution in [3.63, 3.8) is 0 Å². The van der Waals surface area contributed by atoms with Gasteiger partial charge in [0.2, 0.25) is 5.52 Å². The Bertz CT molecular complexity index is 1060. The first kappa shape index (κ1) is 13.6. The largest absolute Gasteiger partial charge is 0.618 e. The first-order valence-electron chi connectivity index (χ1n) is 7.18. The highest BCUT2D eigenvalue weighted by Gasteiger charge is 2.13. The molecule has 5 heteroatoms. The molecule has 0 saturated heterocycles. The van der Waals surface area contributed by atoms with Crippen molar-refractivity contribution >= 4 is 32.6 Å². The first-order valence-corrected chi connectivity index (χ1v) is 7.18. The molecular formula is C18H14N2O3. The van der Waals surface area contributed by atoms with E-state index in [-0.39, 0.29) is 0 Å². The van der Waals surface area contributed by atoms with Crippen LogP contribution in [0.3, 0.4) is 0 Å². The zero-order valence-electron chi connectivity index (χ0n) is 12.7. The molecule has 0 spiro atoms.